The Balaban J connectivity index is 1.38. The second kappa shape index (κ2) is 10.0. The molecule has 2 bridgehead atoms. The van der Waals surface area contributed by atoms with Crippen LogP contribution in [0.2, 0.25) is 5.02 Å². The maximum absolute atomic E-state index is 14.7. The highest BCUT2D eigenvalue weighted by molar-refractivity contribution is 6.33. The molecule has 40 heavy (non-hydrogen) atoms. The predicted molar refractivity (Wildman–Crippen MR) is 149 cm³/mol. The van der Waals surface area contributed by atoms with Gasteiger partial charge in [0.05, 0.1) is 22.8 Å². The van der Waals surface area contributed by atoms with Crippen LogP contribution in [0, 0.1) is 17.1 Å². The standard InChI is InChI=1S/C28H28ClFN8O2/c1-37-8-2-3-17(37)14-39-27-19(10-31)25(38-12-15-4-5-16(13-38)34-15)18-6-7-32-28(24(18)35-27)40-26-20-11-33-36-22(20)9-21(30)23(26)29/h6-7,9,11,15-17,34H,2-5,8,12-14H2,1H3,(H,33,36)/t15?,16?,17-/m0/s1. The number of ether oxygens (including phenoxy) is 2. The molecule has 3 atom stereocenters. The first-order valence-corrected chi connectivity index (χ1v) is 13.9. The Morgan fingerprint density at radius 3 is 2.77 bits per heavy atom. The predicted octanol–water partition coefficient (Wildman–Crippen LogP) is 4.38. The number of aromatic amines is 1. The van der Waals surface area contributed by atoms with Crippen molar-refractivity contribution in [2.75, 3.05) is 38.2 Å². The number of benzene rings is 1. The Morgan fingerprint density at radius 1 is 1.20 bits per heavy atom. The van der Waals surface area contributed by atoms with E-state index >= 15 is 0 Å². The number of hydrogen-bond donors (Lipinski definition) is 2. The van der Waals surface area contributed by atoms with E-state index in [-0.39, 0.29) is 28.6 Å². The van der Waals surface area contributed by atoms with Crippen molar-refractivity contribution in [3.63, 3.8) is 0 Å². The van der Waals surface area contributed by atoms with E-state index in [9.17, 15) is 9.65 Å². The fourth-order valence-electron chi connectivity index (χ4n) is 6.28. The van der Waals surface area contributed by atoms with Crippen LogP contribution in [0.1, 0.15) is 31.2 Å². The maximum atomic E-state index is 14.7. The largest absolute Gasteiger partial charge is 0.475 e. The van der Waals surface area contributed by atoms with Gasteiger partial charge < -0.3 is 24.6 Å². The van der Waals surface area contributed by atoms with Crippen LogP contribution >= 0.6 is 11.6 Å². The third-order valence-electron chi connectivity index (χ3n) is 8.33. The van der Waals surface area contributed by atoms with Crippen molar-refractivity contribution in [2.24, 2.45) is 0 Å². The summed E-state index contributed by atoms with van der Waals surface area (Å²) in [7, 11) is 2.08. The molecule has 0 amide bonds. The highest BCUT2D eigenvalue weighted by atomic mass is 35.5. The van der Waals surface area contributed by atoms with E-state index in [4.69, 9.17) is 26.1 Å². The minimum atomic E-state index is -0.643. The summed E-state index contributed by atoms with van der Waals surface area (Å²) >= 11 is 6.36. The van der Waals surface area contributed by atoms with Gasteiger partial charge in [-0.2, -0.15) is 10.4 Å². The van der Waals surface area contributed by atoms with E-state index < -0.39 is 5.82 Å². The van der Waals surface area contributed by atoms with E-state index in [0.717, 1.165) is 51.0 Å². The van der Waals surface area contributed by atoms with Crippen molar-refractivity contribution in [3.8, 4) is 23.6 Å². The minimum Gasteiger partial charge on any atom is -0.475 e. The van der Waals surface area contributed by atoms with Crippen molar-refractivity contribution in [2.45, 2.75) is 43.8 Å². The molecule has 0 radical (unpaired) electrons. The highest BCUT2D eigenvalue weighted by Gasteiger charge is 2.35. The molecule has 12 heteroatoms. The Kier molecular flexibility index (Phi) is 6.34. The van der Waals surface area contributed by atoms with E-state index in [2.05, 4.69) is 43.4 Å². The lowest BCUT2D eigenvalue weighted by atomic mass is 10.1. The molecule has 4 aromatic rings. The number of halogens is 2. The van der Waals surface area contributed by atoms with E-state index in [1.54, 1.807) is 6.20 Å². The summed E-state index contributed by atoms with van der Waals surface area (Å²) < 4.78 is 27.2. The van der Waals surface area contributed by atoms with Crippen molar-refractivity contribution in [1.29, 1.82) is 5.26 Å². The van der Waals surface area contributed by atoms with Crippen molar-refractivity contribution in [3.05, 3.63) is 40.9 Å². The summed E-state index contributed by atoms with van der Waals surface area (Å²) in [6.07, 6.45) is 7.45. The molecule has 2 unspecified atom stereocenters. The molecule has 3 aliphatic rings. The average Bonchev–Trinajstić information content (AvgIpc) is 3.68. The summed E-state index contributed by atoms with van der Waals surface area (Å²) in [5.74, 6) is -0.171. The van der Waals surface area contributed by atoms with E-state index in [1.807, 2.05) is 6.07 Å². The third-order valence-corrected chi connectivity index (χ3v) is 8.68. The number of hydrogen-bond acceptors (Lipinski definition) is 9. The van der Waals surface area contributed by atoms with Crippen LogP contribution in [0.5, 0.6) is 17.5 Å². The molecule has 2 N–H and O–H groups in total. The first kappa shape index (κ1) is 25.3. The Morgan fingerprint density at radius 2 is 2.02 bits per heavy atom. The van der Waals surface area contributed by atoms with Crippen LogP contribution < -0.4 is 19.7 Å². The molecule has 6 heterocycles. The number of fused-ring (bicyclic) bond motifs is 4. The molecular formula is C28H28ClFN8O2. The van der Waals surface area contributed by atoms with Gasteiger partial charge in [0.25, 0.3) is 0 Å². The molecule has 3 aromatic heterocycles. The van der Waals surface area contributed by atoms with Crippen LogP contribution in [-0.4, -0.2) is 76.5 Å². The summed E-state index contributed by atoms with van der Waals surface area (Å²) in [6.45, 7) is 2.95. The van der Waals surface area contributed by atoms with Gasteiger partial charge in [0, 0.05) is 48.9 Å². The summed E-state index contributed by atoms with van der Waals surface area (Å²) in [4.78, 5) is 13.8. The molecule has 3 saturated heterocycles. The zero-order valence-electron chi connectivity index (χ0n) is 22.0. The van der Waals surface area contributed by atoms with Gasteiger partial charge in [-0.05, 0) is 45.3 Å². The number of pyridine rings is 2. The first-order valence-electron chi connectivity index (χ1n) is 13.6. The number of aromatic nitrogens is 4. The molecule has 3 aliphatic heterocycles. The van der Waals surface area contributed by atoms with Gasteiger partial charge in [-0.25, -0.2) is 14.4 Å². The van der Waals surface area contributed by atoms with Gasteiger partial charge in [0.1, 0.15) is 34.6 Å². The van der Waals surface area contributed by atoms with Crippen LogP contribution in [0.15, 0.2) is 24.5 Å². The van der Waals surface area contributed by atoms with Gasteiger partial charge in [0.15, 0.2) is 5.75 Å². The second-order valence-corrected chi connectivity index (χ2v) is 11.2. The molecule has 0 spiro atoms. The van der Waals surface area contributed by atoms with Gasteiger partial charge in [-0.15, -0.1) is 0 Å². The zero-order valence-corrected chi connectivity index (χ0v) is 22.7. The van der Waals surface area contributed by atoms with Gasteiger partial charge in [0.2, 0.25) is 11.8 Å². The number of nitrogens with one attached hydrogen (secondary N) is 2. The number of nitriles is 1. The third kappa shape index (κ3) is 4.27. The van der Waals surface area contributed by atoms with Gasteiger partial charge in [-0.1, -0.05) is 11.6 Å². The van der Waals surface area contributed by atoms with Gasteiger partial charge >= 0.3 is 0 Å². The lowest BCUT2D eigenvalue weighted by molar-refractivity contribution is 0.193. The van der Waals surface area contributed by atoms with Crippen LogP contribution in [0.3, 0.4) is 0 Å². The molecule has 0 aliphatic carbocycles. The molecule has 10 nitrogen and oxygen atoms in total. The number of piperazine rings is 1. The van der Waals surface area contributed by atoms with Crippen LogP contribution in [-0.2, 0) is 0 Å². The SMILES string of the molecule is CN1CCC[C@H]1COc1nc2c(Oc3c(Cl)c(F)cc4[nH]ncc34)nccc2c(N2CC3CCC(C2)N3)c1C#N. The number of anilines is 1. The Labute approximate surface area is 235 Å². The molecule has 206 valence electrons. The first-order chi connectivity index (χ1) is 19.5. The Hall–Kier alpha value is -3.72. The normalized spacial score (nSPS) is 22.8. The lowest BCUT2D eigenvalue weighted by Gasteiger charge is -2.36. The van der Waals surface area contributed by atoms with E-state index in [0.29, 0.717) is 46.1 Å². The van der Waals surface area contributed by atoms with Crippen molar-refractivity contribution >= 4 is 39.1 Å². The quantitative estimate of drug-likeness (QED) is 0.353. The fourth-order valence-corrected chi connectivity index (χ4v) is 6.48. The topological polar surface area (TPSA) is 115 Å². The molecule has 1 aromatic carbocycles. The van der Waals surface area contributed by atoms with Crippen molar-refractivity contribution in [1.82, 2.24) is 30.4 Å². The van der Waals surface area contributed by atoms with E-state index in [1.165, 1.54) is 12.3 Å². The molecule has 7 rings (SSSR count). The Bertz CT molecular complexity index is 1640. The zero-order chi connectivity index (χ0) is 27.4. The molecular weight excluding hydrogens is 535 g/mol. The average molecular weight is 563 g/mol. The molecule has 0 saturated carbocycles. The monoisotopic (exact) mass is 562 g/mol. The van der Waals surface area contributed by atoms with Gasteiger partial charge in [-0.3, -0.25) is 5.10 Å². The number of likely N-dealkylation sites (tertiary alicyclic amines) is 1. The van der Waals surface area contributed by atoms with Crippen LogP contribution in [0.25, 0.3) is 21.8 Å². The number of nitrogens with zero attached hydrogens (tertiary/aromatic N) is 6. The number of likely N-dealkylation sites (N-methyl/N-ethyl adjacent to an activating group) is 1. The van der Waals surface area contributed by atoms with Crippen LogP contribution in [0.4, 0.5) is 10.1 Å². The summed E-state index contributed by atoms with van der Waals surface area (Å²) in [5, 5.41) is 21.9. The lowest BCUT2D eigenvalue weighted by Crippen LogP contribution is -2.51. The highest BCUT2D eigenvalue weighted by Crippen LogP contribution is 2.43. The summed E-state index contributed by atoms with van der Waals surface area (Å²) in [5.41, 5.74) is 2.01. The minimum absolute atomic E-state index is 0.0911. The smallest absolute Gasteiger partial charge is 0.246 e. The maximum Gasteiger partial charge on any atom is 0.246 e. The number of H-pyrrole nitrogens is 1. The molecule has 3 fully saturated rings. The summed E-state index contributed by atoms with van der Waals surface area (Å²) in [6, 6.07) is 6.44. The second-order valence-electron chi connectivity index (χ2n) is 10.8. The fraction of sp³-hybridized carbons (Fsp3) is 0.429. The number of rotatable bonds is 6. The van der Waals surface area contributed by atoms with Crippen molar-refractivity contribution < 1.29 is 13.9 Å².